The van der Waals surface area contributed by atoms with E-state index in [1.165, 1.54) is 6.92 Å². The van der Waals surface area contributed by atoms with Crippen molar-refractivity contribution in [3.63, 3.8) is 0 Å². The van der Waals surface area contributed by atoms with Crippen molar-refractivity contribution in [2.45, 2.75) is 20.0 Å². The Morgan fingerprint density at radius 3 is 2.56 bits per heavy atom. The monoisotopic (exact) mass is 248 g/mol. The van der Waals surface area contributed by atoms with Crippen LogP contribution in [-0.2, 0) is 14.3 Å². The molecule has 1 atom stereocenters. The molecule has 0 aliphatic rings. The number of rotatable bonds is 5. The number of carbonyl (C=O) groups is 2. The zero-order valence-electron chi connectivity index (χ0n) is 10.5. The van der Waals surface area contributed by atoms with Crippen LogP contribution in [0.3, 0.4) is 0 Å². The first-order chi connectivity index (χ1) is 8.59. The smallest absolute Gasteiger partial charge is 0.338 e. The second-order valence-corrected chi connectivity index (χ2v) is 3.71. The molecule has 0 fully saturated rings. The van der Waals surface area contributed by atoms with Crippen LogP contribution in [0.4, 0.5) is 0 Å². The van der Waals surface area contributed by atoms with Gasteiger partial charge >= 0.3 is 11.9 Å². The van der Waals surface area contributed by atoms with Gasteiger partial charge in [0.25, 0.3) is 0 Å². The van der Waals surface area contributed by atoms with Gasteiger partial charge in [0.05, 0.1) is 5.56 Å². The normalized spacial score (nSPS) is 12.1. The Kier molecular flexibility index (Phi) is 5.64. The lowest BCUT2D eigenvalue weighted by Gasteiger charge is -2.09. The summed E-state index contributed by atoms with van der Waals surface area (Å²) < 4.78 is 9.89. The van der Waals surface area contributed by atoms with Crippen LogP contribution in [0.2, 0.25) is 0 Å². The second kappa shape index (κ2) is 7.27. The van der Waals surface area contributed by atoms with Gasteiger partial charge in [-0.3, -0.25) is 4.79 Å². The molecular formula is C14H16O4. The summed E-state index contributed by atoms with van der Waals surface area (Å²) in [5.74, 6) is -0.714. The summed E-state index contributed by atoms with van der Waals surface area (Å²) in [6, 6.07) is 8.77. The third-order valence-corrected chi connectivity index (χ3v) is 2.09. The maximum absolute atomic E-state index is 11.7. The summed E-state index contributed by atoms with van der Waals surface area (Å²) in [7, 11) is 0. The maximum Gasteiger partial charge on any atom is 0.338 e. The maximum atomic E-state index is 11.7. The first-order valence-corrected chi connectivity index (χ1v) is 5.65. The van der Waals surface area contributed by atoms with E-state index in [-0.39, 0.29) is 24.6 Å². The quantitative estimate of drug-likeness (QED) is 0.593. The van der Waals surface area contributed by atoms with Crippen LogP contribution in [-0.4, -0.2) is 24.6 Å². The predicted molar refractivity (Wildman–Crippen MR) is 67.1 cm³/mol. The fourth-order valence-electron chi connectivity index (χ4n) is 1.26. The molecule has 4 nitrogen and oxygen atoms in total. The van der Waals surface area contributed by atoms with Crippen LogP contribution in [0, 0.1) is 0 Å². The fourth-order valence-corrected chi connectivity index (χ4v) is 1.26. The Balaban J connectivity index is 2.38. The van der Waals surface area contributed by atoms with Crippen LogP contribution < -0.4 is 0 Å². The third kappa shape index (κ3) is 5.30. The Morgan fingerprint density at radius 1 is 1.28 bits per heavy atom. The molecule has 1 aromatic carbocycles. The lowest BCUT2D eigenvalue weighted by atomic mass is 10.2. The number of benzene rings is 1. The zero-order chi connectivity index (χ0) is 13.4. The minimum absolute atomic E-state index is 0.183. The summed E-state index contributed by atoms with van der Waals surface area (Å²) in [4.78, 5) is 22.2. The van der Waals surface area contributed by atoms with Crippen molar-refractivity contribution >= 4 is 11.9 Å². The van der Waals surface area contributed by atoms with Gasteiger partial charge in [-0.2, -0.15) is 0 Å². The molecule has 18 heavy (non-hydrogen) atoms. The van der Waals surface area contributed by atoms with Crippen LogP contribution >= 0.6 is 0 Å². The summed E-state index contributed by atoms with van der Waals surface area (Å²) in [5, 5.41) is 0. The molecule has 0 aliphatic carbocycles. The Bertz CT molecular complexity index is 423. The first-order valence-electron chi connectivity index (χ1n) is 5.65. The second-order valence-electron chi connectivity index (χ2n) is 3.71. The highest BCUT2D eigenvalue weighted by Crippen LogP contribution is 2.04. The van der Waals surface area contributed by atoms with Gasteiger partial charge in [0, 0.05) is 6.92 Å². The molecule has 1 aromatic rings. The zero-order valence-corrected chi connectivity index (χ0v) is 10.5. The Morgan fingerprint density at radius 2 is 1.94 bits per heavy atom. The minimum atomic E-state index is -0.375. The lowest BCUT2D eigenvalue weighted by Crippen LogP contribution is -2.13. The van der Waals surface area contributed by atoms with E-state index in [1.807, 2.05) is 6.07 Å². The summed E-state index contributed by atoms with van der Waals surface area (Å²) in [6.07, 6.45) is 2.95. The number of hydrogen-bond acceptors (Lipinski definition) is 4. The largest absolute Gasteiger partial charge is 0.462 e. The Labute approximate surface area is 106 Å². The van der Waals surface area contributed by atoms with Crippen LogP contribution in [0.1, 0.15) is 24.2 Å². The molecule has 1 unspecified atom stereocenters. The first kappa shape index (κ1) is 14.0. The van der Waals surface area contributed by atoms with Crippen molar-refractivity contribution in [3.05, 3.63) is 48.0 Å². The Hall–Kier alpha value is -2.10. The summed E-state index contributed by atoms with van der Waals surface area (Å²) >= 11 is 0. The topological polar surface area (TPSA) is 52.6 Å². The van der Waals surface area contributed by atoms with Crippen LogP contribution in [0.5, 0.6) is 0 Å². The average molecular weight is 248 g/mol. The SMILES string of the molecule is CC(=O)OCC=CC(C)OC(=O)c1ccccc1. The van der Waals surface area contributed by atoms with Crippen LogP contribution in [0.15, 0.2) is 42.5 Å². The highest BCUT2D eigenvalue weighted by molar-refractivity contribution is 5.89. The van der Waals surface area contributed by atoms with Gasteiger partial charge in [-0.05, 0) is 31.2 Å². The standard InChI is InChI=1S/C14H16O4/c1-11(7-6-10-17-12(2)15)18-14(16)13-8-4-3-5-9-13/h3-9,11H,10H2,1-2H3. The highest BCUT2D eigenvalue weighted by atomic mass is 16.5. The van der Waals surface area contributed by atoms with Gasteiger partial charge in [-0.1, -0.05) is 18.2 Å². The van der Waals surface area contributed by atoms with Gasteiger partial charge in [0.1, 0.15) is 12.7 Å². The van der Waals surface area contributed by atoms with Gasteiger partial charge in [0.2, 0.25) is 0 Å². The molecule has 96 valence electrons. The summed E-state index contributed by atoms with van der Waals surface area (Å²) in [5.41, 5.74) is 0.512. The van der Waals surface area contributed by atoms with Gasteiger partial charge < -0.3 is 9.47 Å². The molecule has 0 bridgehead atoms. The molecule has 1 rings (SSSR count). The number of carbonyl (C=O) groups excluding carboxylic acids is 2. The molecule has 4 heteroatoms. The van der Waals surface area contributed by atoms with Crippen molar-refractivity contribution in [3.8, 4) is 0 Å². The van der Waals surface area contributed by atoms with E-state index >= 15 is 0 Å². The molecule has 0 spiro atoms. The van der Waals surface area contributed by atoms with Gasteiger partial charge in [0.15, 0.2) is 0 Å². The van der Waals surface area contributed by atoms with E-state index in [4.69, 9.17) is 9.47 Å². The van der Waals surface area contributed by atoms with E-state index in [0.29, 0.717) is 5.56 Å². The molecule has 0 saturated carbocycles. The van der Waals surface area contributed by atoms with Crippen LogP contribution in [0.25, 0.3) is 0 Å². The molecule has 0 amide bonds. The highest BCUT2D eigenvalue weighted by Gasteiger charge is 2.08. The minimum Gasteiger partial charge on any atom is -0.462 e. The fraction of sp³-hybridized carbons (Fsp3) is 0.286. The van der Waals surface area contributed by atoms with E-state index in [0.717, 1.165) is 0 Å². The van der Waals surface area contributed by atoms with Crippen molar-refractivity contribution in [2.24, 2.45) is 0 Å². The van der Waals surface area contributed by atoms with Crippen molar-refractivity contribution in [1.29, 1.82) is 0 Å². The molecule has 0 aromatic heterocycles. The number of ether oxygens (including phenoxy) is 2. The van der Waals surface area contributed by atoms with E-state index < -0.39 is 0 Å². The number of hydrogen-bond donors (Lipinski definition) is 0. The molecular weight excluding hydrogens is 232 g/mol. The lowest BCUT2D eigenvalue weighted by molar-refractivity contribution is -0.139. The molecule has 0 saturated heterocycles. The van der Waals surface area contributed by atoms with E-state index in [1.54, 1.807) is 43.3 Å². The van der Waals surface area contributed by atoms with E-state index in [2.05, 4.69) is 0 Å². The predicted octanol–water partition coefficient (Wildman–Crippen LogP) is 2.35. The number of esters is 2. The van der Waals surface area contributed by atoms with Crippen molar-refractivity contribution < 1.29 is 19.1 Å². The van der Waals surface area contributed by atoms with Crippen molar-refractivity contribution in [1.82, 2.24) is 0 Å². The molecule has 0 radical (unpaired) electrons. The summed E-state index contributed by atoms with van der Waals surface area (Å²) in [6.45, 7) is 3.26. The average Bonchev–Trinajstić information content (AvgIpc) is 2.35. The van der Waals surface area contributed by atoms with Gasteiger partial charge in [-0.25, -0.2) is 4.79 Å². The third-order valence-electron chi connectivity index (χ3n) is 2.09. The van der Waals surface area contributed by atoms with Gasteiger partial charge in [-0.15, -0.1) is 0 Å². The molecule has 0 heterocycles. The van der Waals surface area contributed by atoms with E-state index in [9.17, 15) is 9.59 Å². The molecule has 0 aliphatic heterocycles. The van der Waals surface area contributed by atoms with Crippen molar-refractivity contribution in [2.75, 3.05) is 6.61 Å². The molecule has 0 N–H and O–H groups in total.